The maximum absolute atomic E-state index is 11.6. The minimum absolute atomic E-state index is 0.108. The number of hydrogen-bond donors (Lipinski definition) is 1. The van der Waals surface area contributed by atoms with Crippen LogP contribution in [0.4, 0.5) is 0 Å². The largest absolute Gasteiger partial charge is 0.464 e. The third kappa shape index (κ3) is 2.52. The number of rotatable bonds is 4. The first-order chi connectivity index (χ1) is 7.68. The lowest BCUT2D eigenvalue weighted by atomic mass is 10.1. The second kappa shape index (κ2) is 5.10. The van der Waals surface area contributed by atoms with Gasteiger partial charge in [-0.15, -0.1) is 0 Å². The predicted octanol–water partition coefficient (Wildman–Crippen LogP) is 0.833. The van der Waals surface area contributed by atoms with E-state index in [1.165, 1.54) is 12.8 Å². The van der Waals surface area contributed by atoms with Gasteiger partial charge in [0.1, 0.15) is 6.04 Å². The van der Waals surface area contributed by atoms with Gasteiger partial charge in [-0.1, -0.05) is 25.1 Å². The van der Waals surface area contributed by atoms with Crippen LogP contribution in [0.15, 0.2) is 0 Å². The molecule has 90 valence electrons. The van der Waals surface area contributed by atoms with E-state index in [2.05, 4.69) is 4.90 Å². The van der Waals surface area contributed by atoms with E-state index in [1.54, 1.807) is 0 Å². The summed E-state index contributed by atoms with van der Waals surface area (Å²) in [5.41, 5.74) is 5.61. The normalized spacial score (nSPS) is 26.3. The molecule has 1 saturated heterocycles. The summed E-state index contributed by atoms with van der Waals surface area (Å²) in [6, 6.07) is 0.335. The Morgan fingerprint density at radius 1 is 1.44 bits per heavy atom. The van der Waals surface area contributed by atoms with Gasteiger partial charge in [0.15, 0.2) is 0 Å². The fourth-order valence-corrected chi connectivity index (χ4v) is 2.85. The van der Waals surface area contributed by atoms with Crippen LogP contribution in [0.3, 0.4) is 0 Å². The maximum Gasteiger partial charge on any atom is 0.323 e. The molecule has 2 N–H and O–H groups in total. The fraction of sp³-hybridized carbons (Fsp3) is 0.818. The Bertz CT molecular complexity index is 290. The van der Waals surface area contributed by atoms with E-state index in [1.807, 2.05) is 0 Å². The van der Waals surface area contributed by atoms with Crippen molar-refractivity contribution in [1.82, 2.24) is 4.90 Å². The lowest BCUT2D eigenvalue weighted by molar-refractivity contribution is -0.142. The third-order valence-electron chi connectivity index (χ3n) is 3.44. The summed E-state index contributed by atoms with van der Waals surface area (Å²) in [4.78, 5) is 14.2. The fourth-order valence-electron chi connectivity index (χ4n) is 2.70. The molecule has 4 nitrogen and oxygen atoms in total. The number of cyclic esters (lactones) is 1. The standard InChI is InChI=1S/C11H18N2O2S/c12-10(16)7-13(8-3-1-2-4-8)9-5-6-15-11(9)14/h8-9H,1-7H2,(H2,12,16). The minimum atomic E-state index is -0.121. The zero-order valence-corrected chi connectivity index (χ0v) is 10.2. The first kappa shape index (κ1) is 11.8. The molecule has 2 rings (SSSR count). The van der Waals surface area contributed by atoms with Crippen LogP contribution in [-0.4, -0.2) is 41.1 Å². The van der Waals surface area contributed by atoms with Crippen molar-refractivity contribution in [2.45, 2.75) is 44.2 Å². The highest BCUT2D eigenvalue weighted by atomic mass is 32.1. The second-order valence-electron chi connectivity index (χ2n) is 4.55. The smallest absolute Gasteiger partial charge is 0.323 e. The molecule has 0 spiro atoms. The number of carbonyl (C=O) groups is 1. The Morgan fingerprint density at radius 2 is 2.12 bits per heavy atom. The molecule has 2 aliphatic rings. The van der Waals surface area contributed by atoms with Gasteiger partial charge in [0.05, 0.1) is 11.6 Å². The van der Waals surface area contributed by atoms with Crippen molar-refractivity contribution in [3.8, 4) is 0 Å². The summed E-state index contributed by atoms with van der Waals surface area (Å²) in [7, 11) is 0. The molecule has 0 aromatic rings. The molecule has 0 radical (unpaired) electrons. The van der Waals surface area contributed by atoms with Crippen molar-refractivity contribution in [3.63, 3.8) is 0 Å². The molecule has 1 atom stereocenters. The molecule has 1 unspecified atom stereocenters. The van der Waals surface area contributed by atoms with Gasteiger partial charge in [0.2, 0.25) is 0 Å². The van der Waals surface area contributed by atoms with Gasteiger partial charge < -0.3 is 10.5 Å². The van der Waals surface area contributed by atoms with E-state index in [9.17, 15) is 4.79 Å². The van der Waals surface area contributed by atoms with E-state index >= 15 is 0 Å². The number of thiocarbonyl (C=S) groups is 1. The summed E-state index contributed by atoms with van der Waals surface area (Å²) in [6.45, 7) is 1.07. The summed E-state index contributed by atoms with van der Waals surface area (Å²) in [5, 5.41) is 0. The molecule has 2 fully saturated rings. The first-order valence-electron chi connectivity index (χ1n) is 5.89. The first-order valence-corrected chi connectivity index (χ1v) is 6.30. The molecule has 1 saturated carbocycles. The van der Waals surface area contributed by atoms with Crippen molar-refractivity contribution in [3.05, 3.63) is 0 Å². The third-order valence-corrected chi connectivity index (χ3v) is 3.57. The second-order valence-corrected chi connectivity index (χ2v) is 5.07. The summed E-state index contributed by atoms with van der Waals surface area (Å²) >= 11 is 4.97. The van der Waals surface area contributed by atoms with Gasteiger partial charge in [-0.05, 0) is 12.8 Å². The highest BCUT2D eigenvalue weighted by Gasteiger charge is 2.37. The summed E-state index contributed by atoms with van der Waals surface area (Å²) in [6.07, 6.45) is 5.54. The van der Waals surface area contributed by atoms with Crippen molar-refractivity contribution in [1.29, 1.82) is 0 Å². The van der Waals surface area contributed by atoms with Crippen LogP contribution in [0, 0.1) is 0 Å². The van der Waals surface area contributed by atoms with E-state index in [0.717, 1.165) is 19.3 Å². The van der Waals surface area contributed by atoms with E-state index in [-0.39, 0.29) is 12.0 Å². The zero-order valence-electron chi connectivity index (χ0n) is 9.35. The molecule has 0 amide bonds. The predicted molar refractivity (Wildman–Crippen MR) is 65.1 cm³/mol. The van der Waals surface area contributed by atoms with E-state index in [4.69, 9.17) is 22.7 Å². The molecule has 16 heavy (non-hydrogen) atoms. The van der Waals surface area contributed by atoms with E-state index in [0.29, 0.717) is 24.2 Å². The Hall–Kier alpha value is -0.680. The Labute approximate surface area is 101 Å². The minimum Gasteiger partial charge on any atom is -0.464 e. The summed E-state index contributed by atoms with van der Waals surface area (Å²) in [5.74, 6) is -0.108. The number of nitrogens with zero attached hydrogens (tertiary/aromatic N) is 1. The molecule has 0 bridgehead atoms. The Kier molecular flexibility index (Phi) is 3.76. The van der Waals surface area contributed by atoms with Crippen LogP contribution < -0.4 is 5.73 Å². The number of nitrogens with two attached hydrogens (primary N) is 1. The molecule has 5 heteroatoms. The van der Waals surface area contributed by atoms with Gasteiger partial charge in [0, 0.05) is 19.0 Å². The maximum atomic E-state index is 11.6. The van der Waals surface area contributed by atoms with Gasteiger partial charge in [-0.2, -0.15) is 0 Å². The van der Waals surface area contributed by atoms with Crippen LogP contribution in [0.25, 0.3) is 0 Å². The molecular weight excluding hydrogens is 224 g/mol. The number of hydrogen-bond acceptors (Lipinski definition) is 4. The lowest BCUT2D eigenvalue weighted by Gasteiger charge is -2.31. The van der Waals surface area contributed by atoms with Crippen molar-refractivity contribution < 1.29 is 9.53 Å². The SMILES string of the molecule is NC(=S)CN(C1CCCC1)C1CCOC1=O. The van der Waals surface area contributed by atoms with E-state index < -0.39 is 0 Å². The van der Waals surface area contributed by atoms with Gasteiger partial charge in [0.25, 0.3) is 0 Å². The van der Waals surface area contributed by atoms with Crippen molar-refractivity contribution in [2.24, 2.45) is 5.73 Å². The van der Waals surface area contributed by atoms with Crippen LogP contribution in [0.1, 0.15) is 32.1 Å². The van der Waals surface area contributed by atoms with Gasteiger partial charge in [-0.3, -0.25) is 9.69 Å². The number of esters is 1. The van der Waals surface area contributed by atoms with Gasteiger partial charge in [-0.25, -0.2) is 0 Å². The monoisotopic (exact) mass is 242 g/mol. The van der Waals surface area contributed by atoms with Crippen LogP contribution in [0.2, 0.25) is 0 Å². The Balaban J connectivity index is 2.06. The molecule has 0 aromatic heterocycles. The number of carbonyl (C=O) groups excluding carboxylic acids is 1. The van der Waals surface area contributed by atoms with Crippen LogP contribution in [-0.2, 0) is 9.53 Å². The van der Waals surface area contributed by atoms with Crippen molar-refractivity contribution >= 4 is 23.2 Å². The molecule has 1 heterocycles. The van der Waals surface area contributed by atoms with Crippen LogP contribution >= 0.6 is 12.2 Å². The zero-order chi connectivity index (χ0) is 11.5. The molecule has 0 aromatic carbocycles. The highest BCUT2D eigenvalue weighted by molar-refractivity contribution is 7.80. The highest BCUT2D eigenvalue weighted by Crippen LogP contribution is 2.27. The average Bonchev–Trinajstić information content (AvgIpc) is 2.84. The van der Waals surface area contributed by atoms with Gasteiger partial charge >= 0.3 is 5.97 Å². The number of ether oxygens (including phenoxy) is 1. The quantitative estimate of drug-likeness (QED) is 0.584. The molecule has 1 aliphatic heterocycles. The lowest BCUT2D eigenvalue weighted by Crippen LogP contribution is -2.48. The average molecular weight is 242 g/mol. The molecule has 1 aliphatic carbocycles. The Morgan fingerprint density at radius 3 is 2.62 bits per heavy atom. The molecular formula is C11H18N2O2S. The topological polar surface area (TPSA) is 55.6 Å². The summed E-state index contributed by atoms with van der Waals surface area (Å²) < 4.78 is 5.02. The van der Waals surface area contributed by atoms with Crippen molar-refractivity contribution in [2.75, 3.05) is 13.2 Å². The van der Waals surface area contributed by atoms with Crippen LogP contribution in [0.5, 0.6) is 0 Å².